The third kappa shape index (κ3) is 4.36. The van der Waals surface area contributed by atoms with E-state index in [1.807, 2.05) is 38.2 Å². The number of carbonyl (C=O) groups is 1. The van der Waals surface area contributed by atoms with Gasteiger partial charge in [-0.15, -0.1) is 0 Å². The number of hydrogen-bond donors (Lipinski definition) is 0. The molecule has 0 aliphatic carbocycles. The molecule has 1 fully saturated rings. The highest BCUT2D eigenvalue weighted by Gasteiger charge is 2.30. The van der Waals surface area contributed by atoms with E-state index in [0.29, 0.717) is 12.6 Å². The maximum Gasteiger partial charge on any atom is 0.246 e. The Bertz CT molecular complexity index is 600. The van der Waals surface area contributed by atoms with Crippen LogP contribution in [0, 0.1) is 0 Å². The summed E-state index contributed by atoms with van der Waals surface area (Å²) >= 11 is 0. The molecule has 0 aromatic heterocycles. The van der Waals surface area contributed by atoms with Crippen LogP contribution in [0.15, 0.2) is 30.3 Å². The van der Waals surface area contributed by atoms with Gasteiger partial charge in [0.05, 0.1) is 13.2 Å². The third-order valence-corrected chi connectivity index (χ3v) is 4.72. The predicted octanol–water partition coefficient (Wildman–Crippen LogP) is 2.28. The van der Waals surface area contributed by atoms with Gasteiger partial charge in [-0.1, -0.05) is 18.2 Å². The lowest BCUT2D eigenvalue weighted by molar-refractivity contribution is -0.125. The minimum absolute atomic E-state index is 0.00710. The summed E-state index contributed by atoms with van der Waals surface area (Å²) in [6.07, 6.45) is 2.90. The SMILES string of the molecule is COc1ccccc1/C(C)=C/C(=O)N(C)C[C@@H]1C[C@H](OC)CN1C. The van der Waals surface area contributed by atoms with Gasteiger partial charge in [0.25, 0.3) is 0 Å². The molecule has 1 aromatic rings. The first-order chi connectivity index (χ1) is 11.5. The highest BCUT2D eigenvalue weighted by molar-refractivity contribution is 5.95. The molecule has 2 rings (SSSR count). The molecule has 0 spiro atoms. The number of rotatable bonds is 6. The van der Waals surface area contributed by atoms with E-state index in [-0.39, 0.29) is 12.0 Å². The average Bonchev–Trinajstić information content (AvgIpc) is 2.94. The highest BCUT2D eigenvalue weighted by atomic mass is 16.5. The first kappa shape index (κ1) is 18.5. The summed E-state index contributed by atoms with van der Waals surface area (Å²) in [5.41, 5.74) is 1.85. The molecule has 5 nitrogen and oxygen atoms in total. The van der Waals surface area contributed by atoms with Crippen molar-refractivity contribution in [3.63, 3.8) is 0 Å². The number of benzene rings is 1. The Morgan fingerprint density at radius 1 is 1.38 bits per heavy atom. The Hall–Kier alpha value is -1.85. The predicted molar refractivity (Wildman–Crippen MR) is 96.1 cm³/mol. The lowest BCUT2D eigenvalue weighted by Crippen LogP contribution is -2.39. The fourth-order valence-electron chi connectivity index (χ4n) is 3.16. The second kappa shape index (κ2) is 8.31. The monoisotopic (exact) mass is 332 g/mol. The van der Waals surface area contributed by atoms with Gasteiger partial charge < -0.3 is 14.4 Å². The number of para-hydroxylation sites is 1. The Morgan fingerprint density at radius 2 is 2.08 bits per heavy atom. The minimum Gasteiger partial charge on any atom is -0.496 e. The van der Waals surface area contributed by atoms with Crippen LogP contribution in [0.1, 0.15) is 18.9 Å². The van der Waals surface area contributed by atoms with Crippen LogP contribution in [0.4, 0.5) is 0 Å². The molecule has 0 saturated carbocycles. The first-order valence-electron chi connectivity index (χ1n) is 8.26. The van der Waals surface area contributed by atoms with E-state index in [1.54, 1.807) is 25.2 Å². The molecular formula is C19H28N2O3. The van der Waals surface area contributed by atoms with Crippen molar-refractivity contribution in [2.75, 3.05) is 41.4 Å². The fourth-order valence-corrected chi connectivity index (χ4v) is 3.16. The zero-order valence-corrected chi connectivity index (χ0v) is 15.3. The quantitative estimate of drug-likeness (QED) is 0.750. The summed E-state index contributed by atoms with van der Waals surface area (Å²) in [5, 5.41) is 0. The van der Waals surface area contributed by atoms with Crippen molar-refractivity contribution in [3.8, 4) is 5.75 Å². The van der Waals surface area contributed by atoms with Gasteiger partial charge in [-0.3, -0.25) is 9.69 Å². The van der Waals surface area contributed by atoms with Gasteiger partial charge in [-0.05, 0) is 32.0 Å². The fraction of sp³-hybridized carbons (Fsp3) is 0.526. The van der Waals surface area contributed by atoms with Gasteiger partial charge >= 0.3 is 0 Å². The zero-order valence-electron chi connectivity index (χ0n) is 15.3. The van der Waals surface area contributed by atoms with E-state index in [4.69, 9.17) is 9.47 Å². The highest BCUT2D eigenvalue weighted by Crippen LogP contribution is 2.25. The largest absolute Gasteiger partial charge is 0.496 e. The number of nitrogens with zero attached hydrogens (tertiary/aromatic N) is 2. The molecule has 1 aliphatic rings. The summed E-state index contributed by atoms with van der Waals surface area (Å²) in [7, 11) is 7.32. The van der Waals surface area contributed by atoms with Gasteiger partial charge in [0, 0.05) is 44.9 Å². The standard InChI is InChI=1S/C19H28N2O3/c1-14(17-8-6-7-9-18(17)24-5)10-19(22)21(3)12-15-11-16(23-4)13-20(15)2/h6-10,15-16H,11-13H2,1-5H3/b14-10+/t15-,16-/m0/s1. The van der Waals surface area contributed by atoms with Crippen LogP contribution in [0.3, 0.4) is 0 Å². The Morgan fingerprint density at radius 3 is 2.71 bits per heavy atom. The molecule has 1 saturated heterocycles. The van der Waals surface area contributed by atoms with Crippen molar-refractivity contribution >= 4 is 11.5 Å². The Balaban J connectivity index is 2.02. The van der Waals surface area contributed by atoms with Crippen molar-refractivity contribution in [3.05, 3.63) is 35.9 Å². The topological polar surface area (TPSA) is 42.0 Å². The molecular weight excluding hydrogens is 304 g/mol. The van der Waals surface area contributed by atoms with Crippen LogP contribution < -0.4 is 4.74 Å². The zero-order chi connectivity index (χ0) is 17.7. The lowest BCUT2D eigenvalue weighted by atomic mass is 10.1. The van der Waals surface area contributed by atoms with Crippen LogP contribution >= 0.6 is 0 Å². The normalized spacial score (nSPS) is 21.8. The maximum atomic E-state index is 12.5. The molecule has 0 radical (unpaired) electrons. The summed E-state index contributed by atoms with van der Waals surface area (Å²) < 4.78 is 10.8. The summed E-state index contributed by atoms with van der Waals surface area (Å²) in [4.78, 5) is 16.6. The number of ether oxygens (including phenoxy) is 2. The van der Waals surface area contributed by atoms with Crippen molar-refractivity contribution < 1.29 is 14.3 Å². The molecule has 0 N–H and O–H groups in total. The van der Waals surface area contributed by atoms with Crippen LogP contribution in [0.25, 0.3) is 5.57 Å². The summed E-state index contributed by atoms with van der Waals surface area (Å²) in [5.74, 6) is 0.785. The number of hydrogen-bond acceptors (Lipinski definition) is 4. The smallest absolute Gasteiger partial charge is 0.246 e. The van der Waals surface area contributed by atoms with E-state index in [0.717, 1.165) is 29.9 Å². The minimum atomic E-state index is 0.00710. The molecule has 1 amide bonds. The van der Waals surface area contributed by atoms with Crippen molar-refractivity contribution in [1.29, 1.82) is 0 Å². The van der Waals surface area contributed by atoms with E-state index in [9.17, 15) is 4.79 Å². The number of likely N-dealkylation sites (N-methyl/N-ethyl adjacent to an activating group) is 2. The number of amides is 1. The Kier molecular flexibility index (Phi) is 6.40. The second-order valence-electron chi connectivity index (χ2n) is 6.43. The van der Waals surface area contributed by atoms with E-state index in [2.05, 4.69) is 11.9 Å². The van der Waals surface area contributed by atoms with Crippen LogP contribution in [-0.4, -0.2) is 69.3 Å². The molecule has 0 bridgehead atoms. The van der Waals surface area contributed by atoms with Crippen LogP contribution in [-0.2, 0) is 9.53 Å². The number of methoxy groups -OCH3 is 2. The van der Waals surface area contributed by atoms with Gasteiger partial charge in [0.15, 0.2) is 0 Å². The van der Waals surface area contributed by atoms with Gasteiger partial charge in [0.1, 0.15) is 5.75 Å². The molecule has 24 heavy (non-hydrogen) atoms. The first-order valence-corrected chi connectivity index (χ1v) is 8.26. The van der Waals surface area contributed by atoms with E-state index in [1.165, 1.54) is 0 Å². The molecule has 2 atom stereocenters. The van der Waals surface area contributed by atoms with Crippen molar-refractivity contribution in [2.45, 2.75) is 25.5 Å². The van der Waals surface area contributed by atoms with Crippen molar-refractivity contribution in [1.82, 2.24) is 9.80 Å². The molecule has 132 valence electrons. The summed E-state index contributed by atoms with van der Waals surface area (Å²) in [6, 6.07) is 8.07. The number of likely N-dealkylation sites (tertiary alicyclic amines) is 1. The molecule has 1 aliphatic heterocycles. The maximum absolute atomic E-state index is 12.5. The summed E-state index contributed by atoms with van der Waals surface area (Å²) in [6.45, 7) is 3.55. The van der Waals surface area contributed by atoms with Gasteiger partial charge in [0.2, 0.25) is 5.91 Å². The number of allylic oxidation sites excluding steroid dienone is 1. The molecule has 1 aromatic carbocycles. The average molecular weight is 332 g/mol. The molecule has 1 heterocycles. The van der Waals surface area contributed by atoms with Gasteiger partial charge in [-0.2, -0.15) is 0 Å². The molecule has 0 unspecified atom stereocenters. The second-order valence-corrected chi connectivity index (χ2v) is 6.43. The Labute approximate surface area is 144 Å². The van der Waals surface area contributed by atoms with Gasteiger partial charge in [-0.25, -0.2) is 0 Å². The lowest BCUT2D eigenvalue weighted by Gasteiger charge is -2.25. The van der Waals surface area contributed by atoms with Crippen LogP contribution in [0.5, 0.6) is 5.75 Å². The third-order valence-electron chi connectivity index (χ3n) is 4.72. The number of carbonyl (C=O) groups excluding carboxylic acids is 1. The van der Waals surface area contributed by atoms with E-state index < -0.39 is 0 Å². The van der Waals surface area contributed by atoms with Crippen LogP contribution in [0.2, 0.25) is 0 Å². The van der Waals surface area contributed by atoms with E-state index >= 15 is 0 Å². The van der Waals surface area contributed by atoms with Crippen molar-refractivity contribution in [2.24, 2.45) is 0 Å². The molecule has 5 heteroatoms.